The van der Waals surface area contributed by atoms with Crippen LogP contribution in [0.4, 0.5) is 0 Å². The van der Waals surface area contributed by atoms with Gasteiger partial charge in [0.1, 0.15) is 0 Å². The molecule has 1 aliphatic heterocycles. The molecule has 1 fully saturated rings. The van der Waals surface area contributed by atoms with Crippen molar-refractivity contribution in [2.24, 2.45) is 11.8 Å². The van der Waals surface area contributed by atoms with Gasteiger partial charge in [0, 0.05) is 22.0 Å². The molecule has 0 radical (unpaired) electrons. The van der Waals surface area contributed by atoms with Gasteiger partial charge in [0.05, 0.1) is 5.92 Å². The van der Waals surface area contributed by atoms with Gasteiger partial charge in [-0.2, -0.15) is 0 Å². The Bertz CT molecular complexity index is 902. The first-order valence-corrected chi connectivity index (χ1v) is 7.67. The predicted molar refractivity (Wildman–Crippen MR) is 80.6 cm³/mol. The Hall–Kier alpha value is -3.02. The van der Waals surface area contributed by atoms with Gasteiger partial charge in [0.2, 0.25) is 0 Å². The largest absolute Gasteiger partial charge is 0.392 e. The number of benzene rings is 2. The average Bonchev–Trinajstić information content (AvgIpc) is 2.90. The summed E-state index contributed by atoms with van der Waals surface area (Å²) in [6.07, 6.45) is 0. The maximum atomic E-state index is 12.4. The molecular formula is C18H11NO5. The van der Waals surface area contributed by atoms with Crippen molar-refractivity contribution in [3.63, 3.8) is 0 Å². The molecule has 2 atom stereocenters. The van der Waals surface area contributed by atoms with E-state index in [1.807, 2.05) is 0 Å². The number of hydrogen-bond donors (Lipinski definition) is 0. The lowest BCUT2D eigenvalue weighted by Crippen LogP contribution is -2.57. The molecule has 2 aromatic carbocycles. The molecular weight excluding hydrogens is 310 g/mol. The van der Waals surface area contributed by atoms with Crippen LogP contribution in [-0.2, 0) is 19.9 Å². The van der Waals surface area contributed by atoms with Gasteiger partial charge < -0.3 is 4.74 Å². The number of ether oxygens (including phenoxy) is 1. The van der Waals surface area contributed by atoms with Gasteiger partial charge >= 0.3 is 11.9 Å². The van der Waals surface area contributed by atoms with E-state index in [9.17, 15) is 19.7 Å². The summed E-state index contributed by atoms with van der Waals surface area (Å²) in [4.78, 5) is 36.6. The van der Waals surface area contributed by atoms with E-state index in [2.05, 4.69) is 0 Å². The van der Waals surface area contributed by atoms with Crippen molar-refractivity contribution in [1.82, 2.24) is 0 Å². The molecule has 0 spiro atoms. The van der Waals surface area contributed by atoms with Crippen LogP contribution in [0.5, 0.6) is 0 Å². The minimum Gasteiger partial charge on any atom is -0.392 e. The molecule has 118 valence electrons. The Morgan fingerprint density at radius 1 is 0.917 bits per heavy atom. The number of hydrogen-bond acceptors (Lipinski definition) is 5. The minimum atomic E-state index is -1.77. The van der Waals surface area contributed by atoms with E-state index >= 15 is 0 Å². The van der Waals surface area contributed by atoms with Crippen LogP contribution in [0.25, 0.3) is 0 Å². The van der Waals surface area contributed by atoms with E-state index < -0.39 is 34.2 Å². The van der Waals surface area contributed by atoms with Crippen LogP contribution in [0.2, 0.25) is 0 Å². The highest BCUT2D eigenvalue weighted by molar-refractivity contribution is 6.00. The summed E-state index contributed by atoms with van der Waals surface area (Å²) in [7, 11) is 0. The monoisotopic (exact) mass is 321 g/mol. The number of cyclic esters (lactones) is 2. The third-order valence-corrected chi connectivity index (χ3v) is 5.60. The zero-order valence-electron chi connectivity index (χ0n) is 12.3. The molecule has 6 nitrogen and oxygen atoms in total. The molecule has 0 aromatic heterocycles. The van der Waals surface area contributed by atoms with Crippen molar-refractivity contribution in [3.8, 4) is 0 Å². The van der Waals surface area contributed by atoms with Crippen LogP contribution in [0.15, 0.2) is 48.5 Å². The molecule has 24 heavy (non-hydrogen) atoms. The first kappa shape index (κ1) is 13.4. The van der Waals surface area contributed by atoms with Crippen LogP contribution >= 0.6 is 0 Å². The topological polar surface area (TPSA) is 86.5 Å². The van der Waals surface area contributed by atoms with Gasteiger partial charge in [-0.25, -0.2) is 0 Å². The first-order valence-electron chi connectivity index (χ1n) is 7.67. The van der Waals surface area contributed by atoms with Crippen molar-refractivity contribution in [1.29, 1.82) is 0 Å². The van der Waals surface area contributed by atoms with Crippen LogP contribution in [0, 0.1) is 22.0 Å². The van der Waals surface area contributed by atoms with Crippen molar-refractivity contribution in [2.75, 3.05) is 0 Å². The molecule has 2 bridgehead atoms. The third kappa shape index (κ3) is 1.22. The van der Waals surface area contributed by atoms with Crippen molar-refractivity contribution in [3.05, 3.63) is 80.9 Å². The van der Waals surface area contributed by atoms with Crippen molar-refractivity contribution in [2.45, 2.75) is 11.5 Å². The Morgan fingerprint density at radius 2 is 1.46 bits per heavy atom. The van der Waals surface area contributed by atoms with Crippen LogP contribution in [-0.4, -0.2) is 16.9 Å². The van der Waals surface area contributed by atoms with Crippen LogP contribution in [0.1, 0.15) is 28.2 Å². The zero-order chi connectivity index (χ0) is 16.6. The summed E-state index contributed by atoms with van der Waals surface area (Å²) >= 11 is 0. The molecule has 6 heteroatoms. The Labute approximate surface area is 136 Å². The van der Waals surface area contributed by atoms with E-state index in [4.69, 9.17) is 4.74 Å². The molecule has 0 amide bonds. The quantitative estimate of drug-likeness (QED) is 0.347. The highest BCUT2D eigenvalue weighted by Gasteiger charge is 2.74. The number of nitro groups is 1. The second-order valence-corrected chi connectivity index (χ2v) is 6.42. The fourth-order valence-electron chi connectivity index (χ4n) is 4.85. The summed E-state index contributed by atoms with van der Waals surface area (Å²) in [6.45, 7) is 0. The normalized spacial score (nSPS) is 31.9. The lowest BCUT2D eigenvalue weighted by atomic mass is 9.51. The molecule has 6 rings (SSSR count). The fraction of sp³-hybridized carbons (Fsp3) is 0.222. The molecule has 2 unspecified atom stereocenters. The number of rotatable bonds is 1. The number of carbonyl (C=O) groups excluding carboxylic acids is 2. The van der Waals surface area contributed by atoms with Crippen molar-refractivity contribution < 1.29 is 19.2 Å². The van der Waals surface area contributed by atoms with Gasteiger partial charge in [-0.15, -0.1) is 0 Å². The summed E-state index contributed by atoms with van der Waals surface area (Å²) < 4.78 is 4.84. The molecule has 1 heterocycles. The molecule has 3 aliphatic carbocycles. The zero-order valence-corrected chi connectivity index (χ0v) is 12.3. The van der Waals surface area contributed by atoms with Gasteiger partial charge in [-0.3, -0.25) is 19.7 Å². The van der Waals surface area contributed by atoms with Gasteiger partial charge in [-0.1, -0.05) is 48.5 Å². The Balaban J connectivity index is 1.99. The lowest BCUT2D eigenvalue weighted by molar-refractivity contribution is -0.578. The number of nitrogens with zero attached hydrogens (tertiary/aromatic N) is 1. The summed E-state index contributed by atoms with van der Waals surface area (Å²) in [5.74, 6) is -3.80. The average molecular weight is 321 g/mol. The van der Waals surface area contributed by atoms with E-state index in [0.29, 0.717) is 11.1 Å². The summed E-state index contributed by atoms with van der Waals surface area (Å²) in [5, 5.41) is 12.3. The van der Waals surface area contributed by atoms with Crippen LogP contribution < -0.4 is 0 Å². The molecule has 2 aromatic rings. The summed E-state index contributed by atoms with van der Waals surface area (Å²) in [6, 6.07) is 14.0. The molecule has 1 saturated heterocycles. The van der Waals surface area contributed by atoms with Gasteiger partial charge in [-0.05, 0) is 11.1 Å². The Kier molecular flexibility index (Phi) is 2.28. The highest BCUT2D eigenvalue weighted by atomic mass is 16.6. The van der Waals surface area contributed by atoms with E-state index in [0.717, 1.165) is 11.1 Å². The van der Waals surface area contributed by atoms with E-state index in [1.165, 1.54) is 0 Å². The second kappa shape index (κ2) is 4.08. The number of carbonyl (C=O) groups is 2. The molecule has 0 saturated carbocycles. The van der Waals surface area contributed by atoms with Gasteiger partial charge in [0.15, 0.2) is 5.92 Å². The molecule has 0 N–H and O–H groups in total. The highest BCUT2D eigenvalue weighted by Crippen LogP contribution is 2.63. The van der Waals surface area contributed by atoms with E-state index in [1.54, 1.807) is 48.5 Å². The lowest BCUT2D eigenvalue weighted by Gasteiger charge is -2.47. The molecule has 4 aliphatic rings. The number of esters is 2. The first-order chi connectivity index (χ1) is 11.6. The smallest absolute Gasteiger partial charge is 0.325 e. The maximum absolute atomic E-state index is 12.4. The maximum Gasteiger partial charge on any atom is 0.325 e. The van der Waals surface area contributed by atoms with Crippen molar-refractivity contribution >= 4 is 11.9 Å². The predicted octanol–water partition coefficient (Wildman–Crippen LogP) is 1.98. The van der Waals surface area contributed by atoms with Crippen LogP contribution in [0.3, 0.4) is 0 Å². The van der Waals surface area contributed by atoms with Gasteiger partial charge in [0.25, 0.3) is 5.54 Å². The summed E-state index contributed by atoms with van der Waals surface area (Å²) in [5.41, 5.74) is 0.690. The minimum absolute atomic E-state index is 0.386. The third-order valence-electron chi connectivity index (χ3n) is 5.60. The Morgan fingerprint density at radius 3 is 2.00 bits per heavy atom. The van der Waals surface area contributed by atoms with E-state index in [-0.39, 0.29) is 5.92 Å². The second-order valence-electron chi connectivity index (χ2n) is 6.42. The SMILES string of the molecule is O=C1OC(=O)C2C1C1c3ccccc3C2([N+](=O)[O-])c2ccccc21. The standard InChI is InChI=1S/C18H11NO5/c20-16-14-13-9-5-1-3-7-11(9)18(19(22)23,15(14)17(21)24-16)12-8-4-2-6-10(12)13/h1-8,13-15H. The fourth-order valence-corrected chi connectivity index (χ4v) is 4.85.